The van der Waals surface area contributed by atoms with Crippen LogP contribution in [-0.2, 0) is 14.3 Å². The van der Waals surface area contributed by atoms with Crippen LogP contribution in [0.3, 0.4) is 0 Å². The van der Waals surface area contributed by atoms with E-state index in [1.165, 1.54) is 6.07 Å². The van der Waals surface area contributed by atoms with Gasteiger partial charge in [0.15, 0.2) is 0 Å². The molecule has 1 heterocycles. The van der Waals surface area contributed by atoms with Gasteiger partial charge in [0, 0.05) is 30.8 Å². The molecule has 1 atom stereocenters. The second-order valence-corrected chi connectivity index (χ2v) is 12.6. The number of nitro benzene ring substituents is 1. The Balaban J connectivity index is 1.84. The molecule has 1 aromatic rings. The molecule has 10 nitrogen and oxygen atoms in total. The van der Waals surface area contributed by atoms with E-state index in [0.29, 0.717) is 43.7 Å². The number of nitro groups is 1. The molecule has 210 valence electrons. The van der Waals surface area contributed by atoms with Crippen molar-refractivity contribution in [3.05, 3.63) is 33.9 Å². The minimum Gasteiger partial charge on any atom is -0.465 e. The van der Waals surface area contributed by atoms with Gasteiger partial charge in [-0.1, -0.05) is 0 Å². The Morgan fingerprint density at radius 1 is 1.24 bits per heavy atom. The van der Waals surface area contributed by atoms with Gasteiger partial charge < -0.3 is 19.3 Å². The van der Waals surface area contributed by atoms with Crippen molar-refractivity contribution in [1.29, 1.82) is 0 Å². The minimum atomic E-state index is -0.830. The Morgan fingerprint density at radius 3 is 2.45 bits per heavy atom. The van der Waals surface area contributed by atoms with Gasteiger partial charge >= 0.3 is 12.1 Å². The van der Waals surface area contributed by atoms with Crippen LogP contribution in [0, 0.1) is 10.1 Å². The van der Waals surface area contributed by atoms with Crippen molar-refractivity contribution < 1.29 is 28.8 Å². The monoisotopic (exact) mass is 549 g/mol. The van der Waals surface area contributed by atoms with Crippen molar-refractivity contribution in [3.63, 3.8) is 0 Å². The van der Waals surface area contributed by atoms with Crippen LogP contribution in [-0.4, -0.2) is 74.8 Å². The molecule has 1 aliphatic carbocycles. The van der Waals surface area contributed by atoms with Gasteiger partial charge in [-0.3, -0.25) is 19.7 Å². The van der Waals surface area contributed by atoms with Gasteiger partial charge in [-0.2, -0.15) is 0 Å². The van der Waals surface area contributed by atoms with Gasteiger partial charge in [-0.05, 0) is 85.8 Å². The molecule has 1 saturated heterocycles. The van der Waals surface area contributed by atoms with Gasteiger partial charge in [-0.25, -0.2) is 4.79 Å². The zero-order valence-electron chi connectivity index (χ0n) is 23.2. The second-order valence-electron chi connectivity index (χ2n) is 11.1. The molecule has 38 heavy (non-hydrogen) atoms. The number of likely N-dealkylation sites (tertiary alicyclic amines) is 1. The molecule has 0 radical (unpaired) electrons. The number of piperidine rings is 1. The summed E-state index contributed by atoms with van der Waals surface area (Å²) in [5.74, 6) is -0.692. The fourth-order valence-electron chi connectivity index (χ4n) is 4.84. The third-order valence-corrected chi connectivity index (χ3v) is 8.28. The number of nitrogens with zero attached hydrogens (tertiary/aromatic N) is 3. The quantitative estimate of drug-likeness (QED) is 0.239. The van der Waals surface area contributed by atoms with Crippen molar-refractivity contribution in [2.24, 2.45) is 0 Å². The summed E-state index contributed by atoms with van der Waals surface area (Å²) in [6.45, 7) is 12.1. The summed E-state index contributed by atoms with van der Waals surface area (Å²) in [7, 11) is 0. The van der Waals surface area contributed by atoms with Gasteiger partial charge in [-0.15, -0.1) is 11.8 Å². The average molecular weight is 550 g/mol. The average Bonchev–Trinajstić information content (AvgIpc) is 2.80. The van der Waals surface area contributed by atoms with Crippen LogP contribution >= 0.6 is 11.8 Å². The number of benzene rings is 1. The largest absolute Gasteiger partial charge is 0.465 e. The Labute approximate surface area is 228 Å². The summed E-state index contributed by atoms with van der Waals surface area (Å²) >= 11 is 1.15. The highest BCUT2D eigenvalue weighted by atomic mass is 32.2. The SMILES string of the molecule is CCOC(=O)C1(Sc2ccc(C(=O)N(C(C)C)[C@@H]3CCCN(C(=O)OC(C)(C)C)C3)cc2[N+](=O)[O-])CCC1. The summed E-state index contributed by atoms with van der Waals surface area (Å²) in [6, 6.07) is 3.99. The predicted octanol–water partition coefficient (Wildman–Crippen LogP) is 5.42. The first-order valence-corrected chi connectivity index (χ1v) is 14.0. The van der Waals surface area contributed by atoms with E-state index in [2.05, 4.69) is 0 Å². The fourth-order valence-corrected chi connectivity index (χ4v) is 6.27. The van der Waals surface area contributed by atoms with E-state index in [1.807, 2.05) is 34.6 Å². The first-order chi connectivity index (χ1) is 17.8. The van der Waals surface area contributed by atoms with Crippen LogP contribution in [0.2, 0.25) is 0 Å². The summed E-state index contributed by atoms with van der Waals surface area (Å²) in [4.78, 5) is 54.1. The number of esters is 1. The molecule has 1 saturated carbocycles. The van der Waals surface area contributed by atoms with Crippen molar-refractivity contribution in [2.75, 3.05) is 19.7 Å². The maximum Gasteiger partial charge on any atom is 0.410 e. The second kappa shape index (κ2) is 11.9. The standard InChI is InChI=1S/C27H39N3O7S/c1-7-36-24(32)27(13-9-14-27)38-22-12-11-19(16-21(22)30(34)35)23(31)29(18(2)3)20-10-8-15-28(17-20)25(33)37-26(4,5)6/h11-12,16,18,20H,7-10,13-15,17H2,1-6H3/t20-/m1/s1. The highest BCUT2D eigenvalue weighted by molar-refractivity contribution is 8.01. The molecule has 3 rings (SSSR count). The number of ether oxygens (including phenoxy) is 2. The molecule has 11 heteroatoms. The highest BCUT2D eigenvalue weighted by Gasteiger charge is 2.48. The van der Waals surface area contributed by atoms with Crippen LogP contribution in [0.5, 0.6) is 0 Å². The topological polar surface area (TPSA) is 119 Å². The lowest BCUT2D eigenvalue weighted by atomic mass is 9.84. The van der Waals surface area contributed by atoms with E-state index in [4.69, 9.17) is 9.47 Å². The lowest BCUT2D eigenvalue weighted by Crippen LogP contribution is -2.54. The molecular weight excluding hydrogens is 510 g/mol. The molecular formula is C27H39N3O7S. The molecule has 0 unspecified atom stereocenters. The molecule has 2 aliphatic rings. The van der Waals surface area contributed by atoms with Crippen molar-refractivity contribution in [1.82, 2.24) is 9.80 Å². The molecule has 0 aromatic heterocycles. The van der Waals surface area contributed by atoms with Crippen LogP contribution in [0.1, 0.15) is 84.0 Å². The number of hydrogen-bond acceptors (Lipinski definition) is 8. The van der Waals surface area contributed by atoms with Gasteiger partial charge in [0.2, 0.25) is 0 Å². The molecule has 0 bridgehead atoms. The number of amides is 2. The third kappa shape index (κ3) is 6.78. The Bertz CT molecular complexity index is 1070. The number of hydrogen-bond donors (Lipinski definition) is 0. The van der Waals surface area contributed by atoms with E-state index in [0.717, 1.165) is 18.2 Å². The summed E-state index contributed by atoms with van der Waals surface area (Å²) in [6.07, 6.45) is 3.03. The maximum absolute atomic E-state index is 13.7. The summed E-state index contributed by atoms with van der Waals surface area (Å²) in [5.41, 5.74) is -0.635. The van der Waals surface area contributed by atoms with Crippen LogP contribution in [0.25, 0.3) is 0 Å². The first kappa shape index (κ1) is 29.7. The van der Waals surface area contributed by atoms with Crippen LogP contribution in [0.4, 0.5) is 10.5 Å². The molecule has 0 spiro atoms. The molecule has 0 N–H and O–H groups in total. The molecule has 2 amide bonds. The normalized spacial score (nSPS) is 18.9. The molecule has 1 aliphatic heterocycles. The lowest BCUT2D eigenvalue weighted by Gasteiger charge is -2.41. The van der Waals surface area contributed by atoms with Crippen LogP contribution < -0.4 is 0 Å². The van der Waals surface area contributed by atoms with Gasteiger partial charge in [0.05, 0.1) is 22.5 Å². The minimum absolute atomic E-state index is 0.193. The van der Waals surface area contributed by atoms with E-state index in [-0.39, 0.29) is 41.8 Å². The maximum atomic E-state index is 13.7. The third-order valence-electron chi connectivity index (χ3n) is 6.75. The van der Waals surface area contributed by atoms with Crippen molar-refractivity contribution >= 4 is 35.4 Å². The zero-order valence-corrected chi connectivity index (χ0v) is 24.0. The van der Waals surface area contributed by atoms with E-state index < -0.39 is 21.4 Å². The first-order valence-electron chi connectivity index (χ1n) is 13.2. The highest BCUT2D eigenvalue weighted by Crippen LogP contribution is 2.50. The van der Waals surface area contributed by atoms with E-state index >= 15 is 0 Å². The molecule has 2 fully saturated rings. The number of carbonyl (C=O) groups excluding carboxylic acids is 3. The lowest BCUT2D eigenvalue weighted by molar-refractivity contribution is -0.387. The van der Waals surface area contributed by atoms with Crippen molar-refractivity contribution in [2.45, 2.75) is 101 Å². The molecule has 1 aromatic carbocycles. The Kier molecular flexibility index (Phi) is 9.33. The summed E-state index contributed by atoms with van der Waals surface area (Å²) in [5, 5.41) is 12.0. The van der Waals surface area contributed by atoms with E-state index in [9.17, 15) is 24.5 Å². The Morgan fingerprint density at radius 2 is 1.92 bits per heavy atom. The Hall–Kier alpha value is -2.82. The van der Waals surface area contributed by atoms with Gasteiger partial charge in [0.1, 0.15) is 10.3 Å². The van der Waals surface area contributed by atoms with Gasteiger partial charge in [0.25, 0.3) is 11.6 Å². The predicted molar refractivity (Wildman–Crippen MR) is 144 cm³/mol. The number of carbonyl (C=O) groups is 3. The zero-order chi connectivity index (χ0) is 28.3. The van der Waals surface area contributed by atoms with Crippen LogP contribution in [0.15, 0.2) is 23.1 Å². The smallest absolute Gasteiger partial charge is 0.410 e. The summed E-state index contributed by atoms with van der Waals surface area (Å²) < 4.78 is 9.93. The van der Waals surface area contributed by atoms with E-state index in [1.54, 1.807) is 28.9 Å². The van der Waals surface area contributed by atoms with Crippen molar-refractivity contribution in [3.8, 4) is 0 Å². The number of thioether (sulfide) groups is 1. The number of rotatable bonds is 8. The fraction of sp³-hybridized carbons (Fsp3) is 0.667.